The average molecular weight is 603 g/mol. The lowest BCUT2D eigenvalue weighted by Gasteiger charge is -2.17. The Balaban J connectivity index is 1.23. The zero-order chi connectivity index (χ0) is 31.2. The van der Waals surface area contributed by atoms with E-state index in [4.69, 9.17) is 15.2 Å². The maximum atomic E-state index is 5.00. The van der Waals surface area contributed by atoms with Crippen LogP contribution < -0.4 is 0 Å². The SMILES string of the molecule is c1ccc(-c2c3ccccc3c(-c3ccc4nn(-c5cc(-c6ccccn6)nc(-c6ccccn6)c5)nc4c3)c3ccccc23)cc1. The Kier molecular flexibility index (Phi) is 6.35. The predicted molar refractivity (Wildman–Crippen MR) is 189 cm³/mol. The summed E-state index contributed by atoms with van der Waals surface area (Å²) in [6.07, 6.45) is 3.54. The first-order valence-electron chi connectivity index (χ1n) is 15.5. The number of hydrogen-bond acceptors (Lipinski definition) is 5. The summed E-state index contributed by atoms with van der Waals surface area (Å²) in [7, 11) is 0. The summed E-state index contributed by atoms with van der Waals surface area (Å²) in [4.78, 5) is 15.7. The lowest BCUT2D eigenvalue weighted by atomic mass is 9.86. The Morgan fingerprint density at radius 3 is 1.45 bits per heavy atom. The molecule has 0 spiro atoms. The van der Waals surface area contributed by atoms with Crippen molar-refractivity contribution >= 4 is 32.6 Å². The molecule has 0 unspecified atom stereocenters. The van der Waals surface area contributed by atoms with Crippen LogP contribution in [0.4, 0.5) is 0 Å². The van der Waals surface area contributed by atoms with Gasteiger partial charge in [-0.2, -0.15) is 4.80 Å². The molecule has 9 aromatic rings. The van der Waals surface area contributed by atoms with Gasteiger partial charge in [0.25, 0.3) is 0 Å². The van der Waals surface area contributed by atoms with Gasteiger partial charge in [0.1, 0.15) is 11.0 Å². The number of pyridine rings is 3. The molecule has 0 aliphatic rings. The van der Waals surface area contributed by atoms with E-state index in [2.05, 4.69) is 107 Å². The number of rotatable bonds is 5. The second-order valence-electron chi connectivity index (χ2n) is 11.4. The summed E-state index contributed by atoms with van der Waals surface area (Å²) >= 11 is 0. The average Bonchev–Trinajstić information content (AvgIpc) is 3.58. The van der Waals surface area contributed by atoms with Crippen molar-refractivity contribution in [2.75, 3.05) is 0 Å². The molecule has 4 heterocycles. The number of nitrogens with zero attached hydrogens (tertiary/aromatic N) is 6. The molecule has 6 heteroatoms. The highest BCUT2D eigenvalue weighted by atomic mass is 15.5. The number of benzene rings is 5. The van der Waals surface area contributed by atoms with Crippen LogP contribution >= 0.6 is 0 Å². The van der Waals surface area contributed by atoms with Crippen LogP contribution in [0.5, 0.6) is 0 Å². The summed E-state index contributed by atoms with van der Waals surface area (Å²) in [6.45, 7) is 0. The molecule has 0 atom stereocenters. The molecule has 0 amide bonds. The lowest BCUT2D eigenvalue weighted by Crippen LogP contribution is -2.02. The molecule has 0 bridgehead atoms. The third-order valence-corrected chi connectivity index (χ3v) is 8.56. The highest BCUT2D eigenvalue weighted by Gasteiger charge is 2.18. The van der Waals surface area contributed by atoms with Gasteiger partial charge in [-0.15, -0.1) is 10.2 Å². The smallest absolute Gasteiger partial charge is 0.114 e. The summed E-state index contributed by atoms with van der Waals surface area (Å²) in [5.41, 5.74) is 10.1. The number of hydrogen-bond donors (Lipinski definition) is 0. The monoisotopic (exact) mass is 602 g/mol. The first-order valence-corrected chi connectivity index (χ1v) is 15.5. The molecular weight excluding hydrogens is 576 g/mol. The Labute approximate surface area is 270 Å². The quantitative estimate of drug-likeness (QED) is 0.184. The highest BCUT2D eigenvalue weighted by Crippen LogP contribution is 2.43. The van der Waals surface area contributed by atoms with Crippen LogP contribution in [0.2, 0.25) is 0 Å². The second-order valence-corrected chi connectivity index (χ2v) is 11.4. The minimum atomic E-state index is 0.724. The van der Waals surface area contributed by atoms with E-state index in [-0.39, 0.29) is 0 Å². The van der Waals surface area contributed by atoms with Crippen LogP contribution in [0.15, 0.2) is 158 Å². The Bertz CT molecular complexity index is 2450. The molecule has 5 aromatic carbocycles. The molecule has 0 saturated heterocycles. The third-order valence-electron chi connectivity index (χ3n) is 8.56. The topological polar surface area (TPSA) is 69.4 Å². The van der Waals surface area contributed by atoms with Gasteiger partial charge in [-0.1, -0.05) is 97.1 Å². The van der Waals surface area contributed by atoms with Crippen LogP contribution in [0.25, 0.3) is 83.3 Å². The zero-order valence-corrected chi connectivity index (χ0v) is 25.2. The lowest BCUT2D eigenvalue weighted by molar-refractivity contribution is 0.764. The first-order chi connectivity index (χ1) is 23.3. The predicted octanol–water partition coefficient (Wildman–Crippen LogP) is 9.58. The van der Waals surface area contributed by atoms with Crippen LogP contribution in [0.1, 0.15) is 0 Å². The van der Waals surface area contributed by atoms with Gasteiger partial charge in [0.15, 0.2) is 0 Å². The summed E-state index contributed by atoms with van der Waals surface area (Å²) in [6, 6.07) is 49.9. The van der Waals surface area contributed by atoms with Crippen LogP contribution in [0, 0.1) is 0 Å². The molecule has 4 aromatic heterocycles. The molecule has 47 heavy (non-hydrogen) atoms. The van der Waals surface area contributed by atoms with Crippen molar-refractivity contribution in [2.24, 2.45) is 0 Å². The maximum absolute atomic E-state index is 5.00. The first kappa shape index (κ1) is 26.8. The van der Waals surface area contributed by atoms with E-state index in [0.29, 0.717) is 0 Å². The molecule has 0 fully saturated rings. The van der Waals surface area contributed by atoms with E-state index >= 15 is 0 Å². The van der Waals surface area contributed by atoms with E-state index < -0.39 is 0 Å². The fourth-order valence-electron chi connectivity index (χ4n) is 6.46. The van der Waals surface area contributed by atoms with Crippen molar-refractivity contribution in [1.29, 1.82) is 0 Å². The molecule has 0 N–H and O–H groups in total. The number of aromatic nitrogens is 6. The van der Waals surface area contributed by atoms with Crippen molar-refractivity contribution in [3.8, 4) is 50.7 Å². The van der Waals surface area contributed by atoms with Gasteiger partial charge in [0, 0.05) is 12.4 Å². The minimum absolute atomic E-state index is 0.724. The normalized spacial score (nSPS) is 11.4. The molecule has 0 aliphatic heterocycles. The Morgan fingerprint density at radius 2 is 0.894 bits per heavy atom. The van der Waals surface area contributed by atoms with Gasteiger partial charge in [-0.05, 0) is 92.3 Å². The van der Waals surface area contributed by atoms with E-state index in [0.717, 1.165) is 45.1 Å². The van der Waals surface area contributed by atoms with E-state index in [1.54, 1.807) is 17.2 Å². The van der Waals surface area contributed by atoms with Gasteiger partial charge >= 0.3 is 0 Å². The van der Waals surface area contributed by atoms with Crippen molar-refractivity contribution in [3.63, 3.8) is 0 Å². The van der Waals surface area contributed by atoms with Crippen molar-refractivity contribution < 1.29 is 0 Å². The fourth-order valence-corrected chi connectivity index (χ4v) is 6.46. The van der Waals surface area contributed by atoms with Gasteiger partial charge in [-0.3, -0.25) is 9.97 Å². The maximum Gasteiger partial charge on any atom is 0.114 e. The largest absolute Gasteiger partial charge is 0.255 e. The van der Waals surface area contributed by atoms with Crippen LogP contribution in [-0.2, 0) is 0 Å². The van der Waals surface area contributed by atoms with E-state index in [1.165, 1.54) is 38.2 Å². The summed E-state index contributed by atoms with van der Waals surface area (Å²) in [5.74, 6) is 0. The minimum Gasteiger partial charge on any atom is -0.255 e. The summed E-state index contributed by atoms with van der Waals surface area (Å²) < 4.78 is 0. The third kappa shape index (κ3) is 4.71. The Hall–Kier alpha value is -6.53. The van der Waals surface area contributed by atoms with Crippen molar-refractivity contribution in [3.05, 3.63) is 158 Å². The number of fused-ring (bicyclic) bond motifs is 3. The Morgan fingerprint density at radius 1 is 0.383 bits per heavy atom. The van der Waals surface area contributed by atoms with Crippen molar-refractivity contribution in [1.82, 2.24) is 29.9 Å². The molecular formula is C41H26N6. The van der Waals surface area contributed by atoms with Crippen LogP contribution in [-0.4, -0.2) is 29.9 Å². The van der Waals surface area contributed by atoms with Gasteiger partial charge in [0.05, 0.1) is 28.5 Å². The van der Waals surface area contributed by atoms with Gasteiger partial charge < -0.3 is 0 Å². The molecule has 6 nitrogen and oxygen atoms in total. The summed E-state index contributed by atoms with van der Waals surface area (Å²) in [5, 5.41) is 14.7. The second kappa shape index (κ2) is 11.1. The molecule has 0 radical (unpaired) electrons. The van der Waals surface area contributed by atoms with E-state index in [9.17, 15) is 0 Å². The van der Waals surface area contributed by atoms with Gasteiger partial charge in [-0.25, -0.2) is 4.98 Å². The fraction of sp³-hybridized carbons (Fsp3) is 0. The molecule has 0 aliphatic carbocycles. The highest BCUT2D eigenvalue weighted by molar-refractivity contribution is 6.21. The standard InChI is InChI=1S/C41H26N6/c1-2-12-27(13-3-1)40-30-14-4-6-16-32(30)41(33-17-7-5-15-31(33)40)28-20-21-36-39(24-28)46-47(45-36)29-25-37(34-18-8-10-22-42-34)44-38(26-29)35-19-9-11-23-43-35/h1-26H. The molecule has 0 saturated carbocycles. The van der Waals surface area contributed by atoms with Gasteiger partial charge in [0.2, 0.25) is 0 Å². The van der Waals surface area contributed by atoms with Crippen molar-refractivity contribution in [2.45, 2.75) is 0 Å². The van der Waals surface area contributed by atoms with Crippen LogP contribution in [0.3, 0.4) is 0 Å². The molecule has 9 rings (SSSR count). The molecule has 220 valence electrons. The zero-order valence-electron chi connectivity index (χ0n) is 25.2. The van der Waals surface area contributed by atoms with E-state index in [1.807, 2.05) is 48.5 Å².